The van der Waals surface area contributed by atoms with E-state index in [0.29, 0.717) is 0 Å². The molecule has 0 radical (unpaired) electrons. The standard InChI is InChI=1S/C16H28N4O5Si/c1-7-23-14(21)9-8-10(19-20-17)11-13(24-15(22)18-11)12(9)25-26(5,6)16(2,3)4/h9-13H,7-8H2,1-6H3,(H,18,22)/t9-,10-,11+,12+,13+/m0/s1. The summed E-state index contributed by atoms with van der Waals surface area (Å²) in [5.41, 5.74) is 8.86. The summed E-state index contributed by atoms with van der Waals surface area (Å²) in [6, 6.07) is -1.11. The Morgan fingerprint density at radius 2 is 2.12 bits per heavy atom. The molecule has 1 amide bonds. The predicted molar refractivity (Wildman–Crippen MR) is 96.9 cm³/mol. The molecule has 9 nitrogen and oxygen atoms in total. The number of rotatable bonds is 5. The zero-order valence-corrected chi connectivity index (χ0v) is 17.2. The van der Waals surface area contributed by atoms with Crippen molar-refractivity contribution in [1.29, 1.82) is 0 Å². The second kappa shape index (κ2) is 7.46. The molecule has 0 aromatic carbocycles. The van der Waals surface area contributed by atoms with Crippen molar-refractivity contribution < 1.29 is 23.5 Å². The molecule has 5 atom stereocenters. The van der Waals surface area contributed by atoms with Crippen LogP contribution in [0, 0.1) is 5.92 Å². The lowest BCUT2D eigenvalue weighted by Gasteiger charge is -2.46. The van der Waals surface area contributed by atoms with Crippen LogP contribution in [0.3, 0.4) is 0 Å². The summed E-state index contributed by atoms with van der Waals surface area (Å²) in [5.74, 6) is -1.08. The molecule has 1 N–H and O–H groups in total. The van der Waals surface area contributed by atoms with Gasteiger partial charge in [-0.25, -0.2) is 4.79 Å². The number of ether oxygens (including phenoxy) is 2. The molecule has 0 aromatic rings. The van der Waals surface area contributed by atoms with Crippen molar-refractivity contribution >= 4 is 20.4 Å². The van der Waals surface area contributed by atoms with Crippen LogP contribution >= 0.6 is 0 Å². The molecule has 26 heavy (non-hydrogen) atoms. The Morgan fingerprint density at radius 1 is 1.46 bits per heavy atom. The van der Waals surface area contributed by atoms with Gasteiger partial charge in [0, 0.05) is 4.91 Å². The minimum absolute atomic E-state index is 0.0839. The number of fused-ring (bicyclic) bond motifs is 1. The third kappa shape index (κ3) is 3.97. The van der Waals surface area contributed by atoms with Crippen LogP contribution in [0.2, 0.25) is 18.1 Å². The molecular weight excluding hydrogens is 356 g/mol. The van der Waals surface area contributed by atoms with Crippen molar-refractivity contribution in [3.8, 4) is 0 Å². The van der Waals surface area contributed by atoms with Gasteiger partial charge in [0.05, 0.1) is 30.7 Å². The summed E-state index contributed by atoms with van der Waals surface area (Å²) in [6.07, 6.45) is -1.68. The quantitative estimate of drug-likeness (QED) is 0.256. The minimum atomic E-state index is -2.26. The number of carbonyl (C=O) groups is 2. The fraction of sp³-hybridized carbons (Fsp3) is 0.875. The number of hydrogen-bond donors (Lipinski definition) is 1. The average Bonchev–Trinajstić information content (AvgIpc) is 2.90. The number of nitrogens with one attached hydrogen (secondary N) is 1. The number of carbonyl (C=O) groups excluding carboxylic acids is 2. The molecule has 1 saturated heterocycles. The number of alkyl carbamates (subject to hydrolysis) is 1. The van der Waals surface area contributed by atoms with E-state index in [9.17, 15) is 9.59 Å². The molecule has 2 rings (SSSR count). The van der Waals surface area contributed by atoms with Gasteiger partial charge in [-0.1, -0.05) is 25.9 Å². The van der Waals surface area contributed by atoms with E-state index >= 15 is 0 Å². The lowest BCUT2D eigenvalue weighted by molar-refractivity contribution is -0.157. The minimum Gasteiger partial charge on any atom is -0.466 e. The number of hydrogen-bond acceptors (Lipinski definition) is 6. The second-order valence-electron chi connectivity index (χ2n) is 8.25. The fourth-order valence-electron chi connectivity index (χ4n) is 3.14. The molecule has 1 saturated carbocycles. The van der Waals surface area contributed by atoms with Gasteiger partial charge in [0.2, 0.25) is 0 Å². The first-order valence-electron chi connectivity index (χ1n) is 8.87. The van der Waals surface area contributed by atoms with Gasteiger partial charge in [-0.15, -0.1) is 0 Å². The lowest BCUT2D eigenvalue weighted by Crippen LogP contribution is -2.60. The third-order valence-electron chi connectivity index (χ3n) is 5.54. The highest BCUT2D eigenvalue weighted by molar-refractivity contribution is 6.74. The first-order valence-corrected chi connectivity index (χ1v) is 11.8. The van der Waals surface area contributed by atoms with Crippen molar-refractivity contribution in [2.45, 2.75) is 76.5 Å². The Kier molecular flexibility index (Phi) is 5.89. The number of azide groups is 1. The highest BCUT2D eigenvalue weighted by atomic mass is 28.4. The Labute approximate surface area is 154 Å². The average molecular weight is 385 g/mol. The van der Waals surface area contributed by atoms with Gasteiger partial charge >= 0.3 is 12.1 Å². The van der Waals surface area contributed by atoms with E-state index in [4.69, 9.17) is 19.4 Å². The Hall–Kier alpha value is -1.77. The van der Waals surface area contributed by atoms with Gasteiger partial charge in [0.25, 0.3) is 0 Å². The molecular formula is C16H28N4O5Si. The summed E-state index contributed by atoms with van der Waals surface area (Å²) < 4.78 is 17.1. The zero-order valence-electron chi connectivity index (χ0n) is 16.2. The summed E-state index contributed by atoms with van der Waals surface area (Å²) in [5, 5.41) is 6.38. The normalized spacial score (nSPS) is 31.3. The molecule has 0 bridgehead atoms. The summed E-state index contributed by atoms with van der Waals surface area (Å²) >= 11 is 0. The van der Waals surface area contributed by atoms with Gasteiger partial charge in [-0.3, -0.25) is 4.79 Å². The van der Waals surface area contributed by atoms with E-state index in [1.807, 2.05) is 0 Å². The zero-order chi connectivity index (χ0) is 19.7. The molecule has 10 heteroatoms. The molecule has 1 aliphatic heterocycles. The molecule has 1 heterocycles. The highest BCUT2D eigenvalue weighted by Gasteiger charge is 2.56. The third-order valence-corrected chi connectivity index (χ3v) is 10.0. The molecule has 2 fully saturated rings. The van der Waals surface area contributed by atoms with Gasteiger partial charge < -0.3 is 19.2 Å². The molecule has 146 valence electrons. The lowest BCUT2D eigenvalue weighted by atomic mass is 9.78. The van der Waals surface area contributed by atoms with Crippen molar-refractivity contribution in [2.24, 2.45) is 11.0 Å². The second-order valence-corrected chi connectivity index (χ2v) is 13.0. The first kappa shape index (κ1) is 20.5. The molecule has 0 unspecified atom stereocenters. The number of nitrogens with zero attached hydrogens (tertiary/aromatic N) is 3. The summed E-state index contributed by atoms with van der Waals surface area (Å²) in [7, 11) is -2.26. The van der Waals surface area contributed by atoms with Gasteiger partial charge in [-0.2, -0.15) is 0 Å². The van der Waals surface area contributed by atoms with Gasteiger partial charge in [-0.05, 0) is 37.0 Å². The van der Waals surface area contributed by atoms with Crippen molar-refractivity contribution in [1.82, 2.24) is 5.32 Å². The molecule has 1 aliphatic carbocycles. The Bertz CT molecular complexity index is 614. The van der Waals surface area contributed by atoms with E-state index in [1.165, 1.54) is 0 Å². The maximum atomic E-state index is 12.6. The highest BCUT2D eigenvalue weighted by Crippen LogP contribution is 2.42. The van der Waals surface area contributed by atoms with E-state index in [2.05, 4.69) is 49.2 Å². The summed E-state index contributed by atoms with van der Waals surface area (Å²) in [4.78, 5) is 27.3. The van der Waals surface area contributed by atoms with Crippen molar-refractivity contribution in [3.63, 3.8) is 0 Å². The Balaban J connectivity index is 2.40. The predicted octanol–water partition coefficient (Wildman–Crippen LogP) is 3.12. The van der Waals surface area contributed by atoms with Crippen molar-refractivity contribution in [2.75, 3.05) is 6.61 Å². The molecule has 2 aliphatic rings. The van der Waals surface area contributed by atoms with E-state index in [1.54, 1.807) is 6.92 Å². The van der Waals surface area contributed by atoms with Crippen LogP contribution < -0.4 is 5.32 Å². The maximum absolute atomic E-state index is 12.6. The van der Waals surface area contributed by atoms with Crippen LogP contribution in [0.1, 0.15) is 34.1 Å². The fourth-order valence-corrected chi connectivity index (χ4v) is 4.47. The monoisotopic (exact) mass is 384 g/mol. The van der Waals surface area contributed by atoms with Crippen LogP contribution in [0.25, 0.3) is 10.4 Å². The number of amides is 1. The largest absolute Gasteiger partial charge is 0.466 e. The van der Waals surface area contributed by atoms with E-state index in [-0.39, 0.29) is 18.1 Å². The topological polar surface area (TPSA) is 123 Å². The number of esters is 1. The Morgan fingerprint density at radius 3 is 2.65 bits per heavy atom. The van der Waals surface area contributed by atoms with Crippen LogP contribution in [-0.2, 0) is 18.7 Å². The van der Waals surface area contributed by atoms with Crippen LogP contribution in [0.15, 0.2) is 5.11 Å². The van der Waals surface area contributed by atoms with Crippen LogP contribution in [-0.4, -0.2) is 51.3 Å². The maximum Gasteiger partial charge on any atom is 0.407 e. The molecule has 0 aromatic heterocycles. The van der Waals surface area contributed by atoms with E-state index in [0.717, 1.165) is 0 Å². The van der Waals surface area contributed by atoms with Crippen LogP contribution in [0.5, 0.6) is 0 Å². The first-order chi connectivity index (χ1) is 12.0. The van der Waals surface area contributed by atoms with Crippen LogP contribution in [0.4, 0.5) is 4.79 Å². The van der Waals surface area contributed by atoms with Crippen molar-refractivity contribution in [3.05, 3.63) is 10.4 Å². The van der Waals surface area contributed by atoms with Gasteiger partial charge in [0.15, 0.2) is 8.32 Å². The van der Waals surface area contributed by atoms with E-state index < -0.39 is 50.6 Å². The SMILES string of the molecule is CCOC(=O)[C@H]1C[C@H](N=[N+]=[N-])[C@H]2NC(=O)O[C@H]2[C@@H]1O[Si](C)(C)C(C)(C)C. The summed E-state index contributed by atoms with van der Waals surface area (Å²) in [6.45, 7) is 12.4. The molecule has 0 spiro atoms. The van der Waals surface area contributed by atoms with Gasteiger partial charge in [0.1, 0.15) is 6.10 Å². The smallest absolute Gasteiger partial charge is 0.407 e.